The molecule has 146 valence electrons. The Morgan fingerprint density at radius 1 is 1.19 bits per heavy atom. The number of halogens is 1. The molecular weight excluding hydrogens is 352 g/mol. The van der Waals surface area contributed by atoms with Crippen LogP contribution in [0.5, 0.6) is 0 Å². The Bertz CT molecular complexity index is 550. The van der Waals surface area contributed by atoms with E-state index in [1.54, 1.807) is 0 Å². The monoisotopic (exact) mass is 382 g/mol. The first-order chi connectivity index (χ1) is 12.4. The van der Waals surface area contributed by atoms with Crippen molar-refractivity contribution in [1.29, 1.82) is 0 Å². The fourth-order valence-electron chi connectivity index (χ4n) is 4.45. The maximum atomic E-state index is 5.69. The number of pyridine rings is 1. The lowest BCUT2D eigenvalue weighted by Crippen LogP contribution is -2.50. The van der Waals surface area contributed by atoms with E-state index < -0.39 is 0 Å². The van der Waals surface area contributed by atoms with E-state index in [2.05, 4.69) is 26.6 Å². The van der Waals surface area contributed by atoms with Gasteiger partial charge in [0.25, 0.3) is 0 Å². The van der Waals surface area contributed by atoms with Crippen molar-refractivity contribution in [3.8, 4) is 0 Å². The van der Waals surface area contributed by atoms with Gasteiger partial charge in [-0.05, 0) is 24.8 Å². The van der Waals surface area contributed by atoms with Crippen molar-refractivity contribution < 1.29 is 9.47 Å². The zero-order valence-corrected chi connectivity index (χ0v) is 16.2. The number of aromatic nitrogens is 1. The van der Waals surface area contributed by atoms with E-state index in [1.165, 1.54) is 24.8 Å². The number of hydrogen-bond donors (Lipinski definition) is 2. The summed E-state index contributed by atoms with van der Waals surface area (Å²) in [5.74, 6) is 1.79. The van der Waals surface area contributed by atoms with Crippen LogP contribution in [0.1, 0.15) is 24.8 Å². The predicted octanol–water partition coefficient (Wildman–Crippen LogP) is 1.59. The highest BCUT2D eigenvalue weighted by atomic mass is 35.5. The van der Waals surface area contributed by atoms with Gasteiger partial charge in [-0.2, -0.15) is 0 Å². The van der Waals surface area contributed by atoms with Crippen LogP contribution in [0.2, 0.25) is 0 Å². The summed E-state index contributed by atoms with van der Waals surface area (Å²) in [6.45, 7) is 7.02. The molecule has 3 aliphatic rings. The molecule has 3 unspecified atom stereocenters. The fourth-order valence-corrected chi connectivity index (χ4v) is 4.45. The molecule has 1 aromatic heterocycles. The molecule has 0 radical (unpaired) electrons. The van der Waals surface area contributed by atoms with Crippen LogP contribution in [0.4, 0.5) is 5.82 Å². The maximum Gasteiger partial charge on any atom is 0.133 e. The highest BCUT2D eigenvalue weighted by Crippen LogP contribution is 2.30. The molecule has 3 atom stereocenters. The Hall–Kier alpha value is -0.920. The summed E-state index contributed by atoms with van der Waals surface area (Å²) in [6.07, 6.45) is 5.76. The SMILES string of the molecule is Cl.c1cnc(N2CCOCC2)c(CNC2CCCC2C2COCCN2)c1. The third-order valence-corrected chi connectivity index (χ3v) is 5.77. The summed E-state index contributed by atoms with van der Waals surface area (Å²) in [6, 6.07) is 5.32. The summed E-state index contributed by atoms with van der Waals surface area (Å²) in [7, 11) is 0. The minimum Gasteiger partial charge on any atom is -0.379 e. The van der Waals surface area contributed by atoms with E-state index >= 15 is 0 Å². The van der Waals surface area contributed by atoms with Crippen molar-refractivity contribution in [2.75, 3.05) is 51.0 Å². The first-order valence-electron chi connectivity index (χ1n) is 9.73. The van der Waals surface area contributed by atoms with Gasteiger partial charge in [0.05, 0.1) is 26.4 Å². The molecule has 4 rings (SSSR count). The molecule has 3 fully saturated rings. The van der Waals surface area contributed by atoms with Gasteiger partial charge in [-0.3, -0.25) is 0 Å². The first kappa shape index (κ1) is 19.8. The van der Waals surface area contributed by atoms with E-state index in [-0.39, 0.29) is 12.4 Å². The van der Waals surface area contributed by atoms with E-state index in [0.717, 1.165) is 58.4 Å². The number of rotatable bonds is 5. The van der Waals surface area contributed by atoms with Gasteiger partial charge in [-0.1, -0.05) is 12.5 Å². The average molecular weight is 383 g/mol. The van der Waals surface area contributed by atoms with Gasteiger partial charge in [-0.25, -0.2) is 4.98 Å². The lowest BCUT2D eigenvalue weighted by atomic mass is 9.94. The smallest absolute Gasteiger partial charge is 0.133 e. The molecule has 0 spiro atoms. The van der Waals surface area contributed by atoms with Crippen LogP contribution in [0.3, 0.4) is 0 Å². The van der Waals surface area contributed by atoms with Crippen molar-refractivity contribution in [2.24, 2.45) is 5.92 Å². The highest BCUT2D eigenvalue weighted by Gasteiger charge is 2.34. The molecule has 0 amide bonds. The molecule has 2 aliphatic heterocycles. The van der Waals surface area contributed by atoms with Gasteiger partial charge in [0.15, 0.2) is 0 Å². The molecule has 26 heavy (non-hydrogen) atoms. The highest BCUT2D eigenvalue weighted by molar-refractivity contribution is 5.85. The van der Waals surface area contributed by atoms with Crippen LogP contribution in [-0.4, -0.2) is 63.1 Å². The van der Waals surface area contributed by atoms with Crippen LogP contribution in [-0.2, 0) is 16.0 Å². The molecule has 3 heterocycles. The zero-order chi connectivity index (χ0) is 16.9. The summed E-state index contributed by atoms with van der Waals surface area (Å²) in [4.78, 5) is 7.00. The Morgan fingerprint density at radius 2 is 2.08 bits per heavy atom. The molecular formula is C19H31ClN4O2. The van der Waals surface area contributed by atoms with E-state index in [9.17, 15) is 0 Å². The van der Waals surface area contributed by atoms with Crippen molar-refractivity contribution in [1.82, 2.24) is 15.6 Å². The second kappa shape index (κ2) is 9.85. The Morgan fingerprint density at radius 3 is 2.88 bits per heavy atom. The molecule has 1 aliphatic carbocycles. The van der Waals surface area contributed by atoms with Gasteiger partial charge in [0.1, 0.15) is 5.82 Å². The third-order valence-electron chi connectivity index (χ3n) is 5.77. The average Bonchev–Trinajstić information content (AvgIpc) is 3.17. The van der Waals surface area contributed by atoms with Crippen molar-refractivity contribution >= 4 is 18.2 Å². The quantitative estimate of drug-likeness (QED) is 0.806. The Balaban J connectivity index is 0.00000196. The van der Waals surface area contributed by atoms with Gasteiger partial charge in [0, 0.05) is 50.0 Å². The number of morpholine rings is 2. The van der Waals surface area contributed by atoms with Crippen LogP contribution >= 0.6 is 12.4 Å². The van der Waals surface area contributed by atoms with Crippen LogP contribution in [0.15, 0.2) is 18.3 Å². The molecule has 2 N–H and O–H groups in total. The maximum absolute atomic E-state index is 5.69. The first-order valence-corrected chi connectivity index (χ1v) is 9.73. The van der Waals surface area contributed by atoms with Crippen LogP contribution < -0.4 is 15.5 Å². The van der Waals surface area contributed by atoms with Gasteiger partial charge in [0.2, 0.25) is 0 Å². The fraction of sp³-hybridized carbons (Fsp3) is 0.737. The van der Waals surface area contributed by atoms with Crippen LogP contribution in [0.25, 0.3) is 0 Å². The normalized spacial score (nSPS) is 29.4. The lowest BCUT2D eigenvalue weighted by Gasteiger charge is -2.33. The standard InChI is InChI=1S/C19H30N4O2.ClH/c1-4-16(18-14-25-10-7-20-18)17(5-1)22-13-15-3-2-6-21-19(15)23-8-11-24-12-9-23;/h2-3,6,16-18,20,22H,1,4-5,7-14H2;1H. The van der Waals surface area contributed by atoms with Gasteiger partial charge < -0.3 is 25.0 Å². The molecule has 1 aromatic rings. The zero-order valence-electron chi connectivity index (χ0n) is 15.4. The largest absolute Gasteiger partial charge is 0.379 e. The molecule has 0 bridgehead atoms. The van der Waals surface area contributed by atoms with Crippen LogP contribution in [0, 0.1) is 5.92 Å². The Labute approximate surface area is 162 Å². The number of nitrogens with zero attached hydrogens (tertiary/aromatic N) is 2. The summed E-state index contributed by atoms with van der Waals surface area (Å²) >= 11 is 0. The van der Waals surface area contributed by atoms with E-state index in [0.29, 0.717) is 18.0 Å². The van der Waals surface area contributed by atoms with Crippen molar-refractivity contribution in [3.63, 3.8) is 0 Å². The summed E-state index contributed by atoms with van der Waals surface area (Å²) in [5, 5.41) is 7.48. The summed E-state index contributed by atoms with van der Waals surface area (Å²) < 4.78 is 11.2. The number of nitrogens with one attached hydrogen (secondary N) is 2. The number of anilines is 1. The minimum atomic E-state index is 0. The van der Waals surface area contributed by atoms with Gasteiger partial charge >= 0.3 is 0 Å². The topological polar surface area (TPSA) is 58.7 Å². The molecule has 6 nitrogen and oxygen atoms in total. The van der Waals surface area contributed by atoms with Crippen molar-refractivity contribution in [2.45, 2.75) is 37.9 Å². The number of ether oxygens (including phenoxy) is 2. The van der Waals surface area contributed by atoms with Gasteiger partial charge in [-0.15, -0.1) is 12.4 Å². The molecule has 2 saturated heterocycles. The second-order valence-corrected chi connectivity index (χ2v) is 7.30. The van der Waals surface area contributed by atoms with E-state index in [4.69, 9.17) is 9.47 Å². The van der Waals surface area contributed by atoms with Crippen molar-refractivity contribution in [3.05, 3.63) is 23.9 Å². The Kier molecular flexibility index (Phi) is 7.52. The third kappa shape index (κ3) is 4.67. The predicted molar refractivity (Wildman–Crippen MR) is 105 cm³/mol. The molecule has 0 aromatic carbocycles. The molecule has 1 saturated carbocycles. The molecule has 7 heteroatoms. The minimum absolute atomic E-state index is 0. The van der Waals surface area contributed by atoms with E-state index in [1.807, 2.05) is 12.3 Å². The number of hydrogen-bond acceptors (Lipinski definition) is 6. The lowest BCUT2D eigenvalue weighted by molar-refractivity contribution is 0.0524. The second-order valence-electron chi connectivity index (χ2n) is 7.30. The summed E-state index contributed by atoms with van der Waals surface area (Å²) in [5.41, 5.74) is 1.29.